The predicted octanol–water partition coefficient (Wildman–Crippen LogP) is 5.28. The maximum absolute atomic E-state index is 11.0. The summed E-state index contributed by atoms with van der Waals surface area (Å²) in [4.78, 5) is 0. The summed E-state index contributed by atoms with van der Waals surface area (Å²) < 4.78 is 0. The summed E-state index contributed by atoms with van der Waals surface area (Å²) in [6.45, 7) is 11.2. The molecule has 0 aromatic carbocycles. The molecule has 1 nitrogen and oxygen atoms in total. The molecule has 1 heteroatoms. The van der Waals surface area contributed by atoms with Crippen LogP contribution in [0.25, 0.3) is 0 Å². The van der Waals surface area contributed by atoms with Crippen LogP contribution in [0.3, 0.4) is 0 Å². The van der Waals surface area contributed by atoms with Crippen LogP contribution in [-0.2, 0) is 0 Å². The second-order valence-electron chi connectivity index (χ2n) is 7.78. The first kappa shape index (κ1) is 16.5. The fourth-order valence-electron chi connectivity index (χ4n) is 4.41. The molecule has 1 N–H and O–H groups in total. The Morgan fingerprint density at radius 2 is 2.19 bits per heavy atom. The molecule has 0 bridgehead atoms. The summed E-state index contributed by atoms with van der Waals surface area (Å²) in [5.74, 6) is 1.36. The van der Waals surface area contributed by atoms with Crippen molar-refractivity contribution in [3.8, 4) is 0 Å². The summed E-state index contributed by atoms with van der Waals surface area (Å²) in [6, 6.07) is 0. The highest BCUT2D eigenvalue weighted by molar-refractivity contribution is 5.28. The fourth-order valence-corrected chi connectivity index (χ4v) is 4.41. The average Bonchev–Trinajstić information content (AvgIpc) is 2.37. The second-order valence-corrected chi connectivity index (χ2v) is 7.78. The van der Waals surface area contributed by atoms with Crippen molar-refractivity contribution in [2.75, 3.05) is 0 Å². The lowest BCUT2D eigenvalue weighted by Gasteiger charge is -2.49. The molecule has 1 saturated carbocycles. The molecule has 0 spiro atoms. The highest BCUT2D eigenvalue weighted by atomic mass is 16.3. The molecule has 0 aliphatic heterocycles. The first-order valence-corrected chi connectivity index (χ1v) is 8.52. The van der Waals surface area contributed by atoms with E-state index in [4.69, 9.17) is 0 Å². The third kappa shape index (κ3) is 3.51. The molecule has 5 atom stereocenters. The Balaban J connectivity index is 2.06. The maximum Gasteiger partial charge on any atom is 0.0644 e. The van der Waals surface area contributed by atoms with E-state index in [0.29, 0.717) is 17.8 Å². The number of hydrogen-bond donors (Lipinski definition) is 1. The molecule has 0 aromatic heterocycles. The molecule has 21 heavy (non-hydrogen) atoms. The Morgan fingerprint density at radius 3 is 2.86 bits per heavy atom. The fraction of sp³-hybridized carbons (Fsp3) is 0.700. The average molecular weight is 288 g/mol. The molecule has 2 aliphatic rings. The van der Waals surface area contributed by atoms with Crippen LogP contribution in [0, 0.1) is 23.2 Å². The summed E-state index contributed by atoms with van der Waals surface area (Å²) in [7, 11) is 0. The van der Waals surface area contributed by atoms with E-state index in [1.54, 1.807) is 0 Å². The van der Waals surface area contributed by atoms with Crippen molar-refractivity contribution in [1.82, 2.24) is 0 Å². The molecule has 118 valence electrons. The lowest BCUT2D eigenvalue weighted by Crippen LogP contribution is -2.47. The Bertz CT molecular complexity index is 452. The van der Waals surface area contributed by atoms with Gasteiger partial charge >= 0.3 is 0 Å². The van der Waals surface area contributed by atoms with Crippen molar-refractivity contribution < 1.29 is 5.11 Å². The zero-order chi connectivity index (χ0) is 15.6. The standard InChI is InChI=1S/C20H32O/c1-14(2)8-6-9-15(3)17-11-13-20(5)12-7-10-16(4)18(20)19(17)21/h7-8,10,12,15,17-19,21H,6,9,11,13H2,1-5H3/t15-,17?,18+,19-,20-/m1/s1. The van der Waals surface area contributed by atoms with E-state index in [-0.39, 0.29) is 11.5 Å². The molecule has 0 heterocycles. The molecule has 0 saturated heterocycles. The van der Waals surface area contributed by atoms with Crippen molar-refractivity contribution in [3.63, 3.8) is 0 Å². The quantitative estimate of drug-likeness (QED) is 0.698. The maximum atomic E-state index is 11.0. The largest absolute Gasteiger partial charge is 0.392 e. The van der Waals surface area contributed by atoms with Crippen LogP contribution in [0.1, 0.15) is 60.3 Å². The minimum atomic E-state index is -0.188. The molecule has 2 rings (SSSR count). The van der Waals surface area contributed by atoms with Gasteiger partial charge in [0.1, 0.15) is 0 Å². The minimum Gasteiger partial charge on any atom is -0.392 e. The highest BCUT2D eigenvalue weighted by Gasteiger charge is 2.47. The Labute approximate surface area is 130 Å². The number of rotatable bonds is 4. The van der Waals surface area contributed by atoms with Gasteiger partial charge in [-0.05, 0) is 63.7 Å². The van der Waals surface area contributed by atoms with Crippen LogP contribution >= 0.6 is 0 Å². The Morgan fingerprint density at radius 1 is 1.48 bits per heavy atom. The van der Waals surface area contributed by atoms with E-state index in [1.807, 2.05) is 0 Å². The zero-order valence-corrected chi connectivity index (χ0v) is 14.4. The molecule has 1 fully saturated rings. The van der Waals surface area contributed by atoms with Crippen LogP contribution in [0.2, 0.25) is 0 Å². The van der Waals surface area contributed by atoms with Gasteiger partial charge in [0, 0.05) is 5.92 Å². The molecule has 0 amide bonds. The van der Waals surface area contributed by atoms with Gasteiger partial charge in [-0.2, -0.15) is 0 Å². The topological polar surface area (TPSA) is 20.2 Å². The summed E-state index contributed by atoms with van der Waals surface area (Å²) >= 11 is 0. The van der Waals surface area contributed by atoms with Crippen LogP contribution in [-0.4, -0.2) is 11.2 Å². The number of aliphatic hydroxyl groups is 1. The lowest BCUT2D eigenvalue weighted by atomic mass is 9.57. The van der Waals surface area contributed by atoms with E-state index in [9.17, 15) is 5.11 Å². The number of aliphatic hydroxyl groups excluding tert-OH is 1. The van der Waals surface area contributed by atoms with E-state index >= 15 is 0 Å². The van der Waals surface area contributed by atoms with Crippen LogP contribution in [0.5, 0.6) is 0 Å². The smallest absolute Gasteiger partial charge is 0.0644 e. The summed E-state index contributed by atoms with van der Waals surface area (Å²) in [5, 5.41) is 11.0. The summed E-state index contributed by atoms with van der Waals surface area (Å²) in [5.41, 5.74) is 2.91. The van der Waals surface area contributed by atoms with Gasteiger partial charge in [-0.25, -0.2) is 0 Å². The molecule has 1 unspecified atom stereocenters. The normalized spacial score (nSPS) is 36.7. The Kier molecular flexibility index (Phi) is 5.14. The molecule has 0 radical (unpaired) electrons. The van der Waals surface area contributed by atoms with Gasteiger partial charge in [0.15, 0.2) is 0 Å². The van der Waals surface area contributed by atoms with Crippen molar-refractivity contribution in [2.24, 2.45) is 23.2 Å². The van der Waals surface area contributed by atoms with Gasteiger partial charge in [0.2, 0.25) is 0 Å². The van der Waals surface area contributed by atoms with Crippen LogP contribution in [0.15, 0.2) is 35.5 Å². The van der Waals surface area contributed by atoms with Crippen molar-refractivity contribution in [2.45, 2.75) is 66.4 Å². The van der Waals surface area contributed by atoms with Crippen molar-refractivity contribution in [1.29, 1.82) is 0 Å². The molecular formula is C20H32O. The van der Waals surface area contributed by atoms with Gasteiger partial charge < -0.3 is 5.11 Å². The van der Waals surface area contributed by atoms with Gasteiger partial charge in [-0.3, -0.25) is 0 Å². The molecular weight excluding hydrogens is 256 g/mol. The minimum absolute atomic E-state index is 0.161. The third-order valence-corrected chi connectivity index (χ3v) is 5.74. The number of allylic oxidation sites excluding steroid dienone is 5. The van der Waals surface area contributed by atoms with Crippen molar-refractivity contribution >= 4 is 0 Å². The van der Waals surface area contributed by atoms with Crippen LogP contribution < -0.4 is 0 Å². The van der Waals surface area contributed by atoms with E-state index in [1.165, 1.54) is 24.0 Å². The van der Waals surface area contributed by atoms with Gasteiger partial charge in [-0.1, -0.05) is 49.3 Å². The van der Waals surface area contributed by atoms with Gasteiger partial charge in [0.25, 0.3) is 0 Å². The zero-order valence-electron chi connectivity index (χ0n) is 14.4. The first-order valence-electron chi connectivity index (χ1n) is 8.52. The van der Waals surface area contributed by atoms with E-state index in [2.05, 4.69) is 58.9 Å². The van der Waals surface area contributed by atoms with Gasteiger partial charge in [0.05, 0.1) is 6.10 Å². The number of fused-ring (bicyclic) bond motifs is 1. The number of hydrogen-bond acceptors (Lipinski definition) is 1. The second kappa shape index (κ2) is 6.52. The van der Waals surface area contributed by atoms with Crippen molar-refractivity contribution in [3.05, 3.63) is 35.5 Å². The predicted molar refractivity (Wildman–Crippen MR) is 91.1 cm³/mol. The lowest BCUT2D eigenvalue weighted by molar-refractivity contribution is -0.0413. The first-order chi connectivity index (χ1) is 9.85. The highest BCUT2D eigenvalue weighted by Crippen LogP contribution is 2.51. The molecule has 2 aliphatic carbocycles. The Hall–Kier alpha value is -0.820. The monoisotopic (exact) mass is 288 g/mol. The summed E-state index contributed by atoms with van der Waals surface area (Å²) in [6.07, 6.45) is 13.5. The van der Waals surface area contributed by atoms with E-state index in [0.717, 1.165) is 12.8 Å². The van der Waals surface area contributed by atoms with Crippen LogP contribution in [0.4, 0.5) is 0 Å². The SMILES string of the molecule is CC(C)=CCC[C@@H](C)C1CC[C@@]2(C)C=CC=C(C)[C@H]2[C@@H]1O. The molecule has 0 aromatic rings. The van der Waals surface area contributed by atoms with E-state index < -0.39 is 0 Å². The van der Waals surface area contributed by atoms with Gasteiger partial charge in [-0.15, -0.1) is 0 Å². The third-order valence-electron chi connectivity index (χ3n) is 5.74.